The van der Waals surface area contributed by atoms with E-state index in [-0.39, 0.29) is 0 Å². The first kappa shape index (κ1) is 13.1. The third-order valence-corrected chi connectivity index (χ3v) is 3.68. The van der Waals surface area contributed by atoms with Crippen LogP contribution in [0.5, 0.6) is 0 Å². The van der Waals surface area contributed by atoms with Crippen molar-refractivity contribution in [1.29, 1.82) is 0 Å². The molecule has 0 radical (unpaired) electrons. The Morgan fingerprint density at radius 2 is 1.89 bits per heavy atom. The summed E-state index contributed by atoms with van der Waals surface area (Å²) in [5, 5.41) is 11.1. The standard InChI is InChI=1S/C15H17NOS/c1-11-7-12(2)9-13(8-11)14(17)10-18-15-5-3-4-6-16-15/h3-9,14,17H,10H2,1-2H3. The van der Waals surface area contributed by atoms with Gasteiger partial charge in [0.25, 0.3) is 0 Å². The summed E-state index contributed by atoms with van der Waals surface area (Å²) in [4.78, 5) is 4.23. The van der Waals surface area contributed by atoms with Crippen LogP contribution in [0.25, 0.3) is 0 Å². The second kappa shape index (κ2) is 6.03. The summed E-state index contributed by atoms with van der Waals surface area (Å²) in [6, 6.07) is 12.0. The number of hydrogen-bond donors (Lipinski definition) is 1. The van der Waals surface area contributed by atoms with Gasteiger partial charge in [-0.2, -0.15) is 0 Å². The van der Waals surface area contributed by atoms with E-state index in [2.05, 4.69) is 24.9 Å². The number of aryl methyl sites for hydroxylation is 2. The van der Waals surface area contributed by atoms with E-state index in [1.807, 2.05) is 30.3 Å². The molecule has 1 atom stereocenters. The van der Waals surface area contributed by atoms with Gasteiger partial charge in [0.2, 0.25) is 0 Å². The van der Waals surface area contributed by atoms with Crippen LogP contribution < -0.4 is 0 Å². The number of hydrogen-bond acceptors (Lipinski definition) is 3. The van der Waals surface area contributed by atoms with Crippen molar-refractivity contribution in [1.82, 2.24) is 4.98 Å². The van der Waals surface area contributed by atoms with E-state index in [4.69, 9.17) is 0 Å². The summed E-state index contributed by atoms with van der Waals surface area (Å²) in [6.07, 6.45) is 1.32. The second-order valence-electron chi connectivity index (χ2n) is 4.42. The number of aliphatic hydroxyl groups excluding tert-OH is 1. The van der Waals surface area contributed by atoms with Crippen molar-refractivity contribution < 1.29 is 5.11 Å². The molecule has 1 N–H and O–H groups in total. The molecule has 94 valence electrons. The van der Waals surface area contributed by atoms with Crippen LogP contribution in [0.1, 0.15) is 22.8 Å². The molecule has 0 saturated carbocycles. The fourth-order valence-corrected chi connectivity index (χ4v) is 2.73. The lowest BCUT2D eigenvalue weighted by atomic mass is 10.0. The van der Waals surface area contributed by atoms with Crippen molar-refractivity contribution in [2.24, 2.45) is 0 Å². The van der Waals surface area contributed by atoms with E-state index in [0.29, 0.717) is 5.75 Å². The van der Waals surface area contributed by atoms with Crippen LogP contribution in [-0.2, 0) is 0 Å². The molecule has 1 unspecified atom stereocenters. The molecule has 0 saturated heterocycles. The third-order valence-electron chi connectivity index (χ3n) is 2.66. The molecule has 0 aliphatic carbocycles. The predicted octanol–water partition coefficient (Wildman–Crippen LogP) is 3.52. The van der Waals surface area contributed by atoms with Gasteiger partial charge < -0.3 is 5.11 Å². The summed E-state index contributed by atoms with van der Waals surface area (Å²) in [5.41, 5.74) is 3.36. The monoisotopic (exact) mass is 259 g/mol. The van der Waals surface area contributed by atoms with Gasteiger partial charge in [0, 0.05) is 11.9 Å². The smallest absolute Gasteiger partial charge is 0.0960 e. The van der Waals surface area contributed by atoms with Crippen LogP contribution in [-0.4, -0.2) is 15.8 Å². The molecule has 1 heterocycles. The van der Waals surface area contributed by atoms with Crippen LogP contribution in [0, 0.1) is 13.8 Å². The Hall–Kier alpha value is -1.32. The maximum absolute atomic E-state index is 10.2. The Kier molecular flexibility index (Phi) is 4.39. The molecule has 1 aromatic heterocycles. The van der Waals surface area contributed by atoms with Crippen molar-refractivity contribution >= 4 is 11.8 Å². The molecule has 1 aromatic carbocycles. The number of pyridine rings is 1. The van der Waals surface area contributed by atoms with Crippen molar-refractivity contribution in [2.45, 2.75) is 25.0 Å². The van der Waals surface area contributed by atoms with Crippen LogP contribution in [0.3, 0.4) is 0 Å². The van der Waals surface area contributed by atoms with Crippen LogP contribution in [0.2, 0.25) is 0 Å². The van der Waals surface area contributed by atoms with Gasteiger partial charge >= 0.3 is 0 Å². The maximum atomic E-state index is 10.2. The van der Waals surface area contributed by atoms with Gasteiger partial charge in [-0.15, -0.1) is 11.8 Å². The first-order chi connectivity index (χ1) is 8.65. The first-order valence-electron chi connectivity index (χ1n) is 5.95. The minimum atomic E-state index is -0.449. The predicted molar refractivity (Wildman–Crippen MR) is 75.8 cm³/mol. The minimum Gasteiger partial charge on any atom is -0.388 e. The molecular weight excluding hydrogens is 242 g/mol. The fraction of sp³-hybridized carbons (Fsp3) is 0.267. The number of nitrogens with zero attached hydrogens (tertiary/aromatic N) is 1. The highest BCUT2D eigenvalue weighted by atomic mass is 32.2. The molecule has 0 spiro atoms. The van der Waals surface area contributed by atoms with Gasteiger partial charge in [-0.05, 0) is 31.5 Å². The Balaban J connectivity index is 2.01. The molecule has 0 bridgehead atoms. The lowest BCUT2D eigenvalue weighted by Gasteiger charge is -2.12. The third kappa shape index (κ3) is 3.59. The van der Waals surface area contributed by atoms with E-state index in [0.717, 1.165) is 10.6 Å². The van der Waals surface area contributed by atoms with Crippen molar-refractivity contribution in [3.63, 3.8) is 0 Å². The Morgan fingerprint density at radius 1 is 1.17 bits per heavy atom. The molecular formula is C15H17NOS. The van der Waals surface area contributed by atoms with Crippen molar-refractivity contribution in [3.05, 3.63) is 59.3 Å². The van der Waals surface area contributed by atoms with Crippen molar-refractivity contribution in [2.75, 3.05) is 5.75 Å². The van der Waals surface area contributed by atoms with Gasteiger partial charge in [-0.25, -0.2) is 4.98 Å². The Bertz CT molecular complexity index is 493. The van der Waals surface area contributed by atoms with Gasteiger partial charge in [-0.3, -0.25) is 0 Å². The van der Waals surface area contributed by atoms with E-state index < -0.39 is 6.10 Å². The zero-order valence-electron chi connectivity index (χ0n) is 10.6. The van der Waals surface area contributed by atoms with E-state index in [1.165, 1.54) is 11.1 Å². The zero-order chi connectivity index (χ0) is 13.0. The van der Waals surface area contributed by atoms with Gasteiger partial charge in [0.15, 0.2) is 0 Å². The van der Waals surface area contributed by atoms with Crippen LogP contribution in [0.15, 0.2) is 47.6 Å². The summed E-state index contributed by atoms with van der Waals surface area (Å²) in [5.74, 6) is 0.625. The number of aromatic nitrogens is 1. The molecule has 2 aromatic rings. The summed E-state index contributed by atoms with van der Waals surface area (Å²) in [6.45, 7) is 4.10. The molecule has 0 fully saturated rings. The molecule has 18 heavy (non-hydrogen) atoms. The first-order valence-corrected chi connectivity index (χ1v) is 6.94. The fourth-order valence-electron chi connectivity index (χ4n) is 1.90. The molecule has 3 heteroatoms. The average molecular weight is 259 g/mol. The molecule has 0 amide bonds. The van der Waals surface area contributed by atoms with E-state index in [1.54, 1.807) is 18.0 Å². The summed E-state index contributed by atoms with van der Waals surface area (Å²) in [7, 11) is 0. The normalized spacial score (nSPS) is 12.4. The Morgan fingerprint density at radius 3 is 2.50 bits per heavy atom. The van der Waals surface area contributed by atoms with Gasteiger partial charge in [0.05, 0.1) is 11.1 Å². The summed E-state index contributed by atoms with van der Waals surface area (Å²) >= 11 is 1.57. The largest absolute Gasteiger partial charge is 0.388 e. The molecule has 2 rings (SSSR count). The van der Waals surface area contributed by atoms with Crippen molar-refractivity contribution in [3.8, 4) is 0 Å². The summed E-state index contributed by atoms with van der Waals surface area (Å²) < 4.78 is 0. The minimum absolute atomic E-state index is 0.449. The van der Waals surface area contributed by atoms with E-state index in [9.17, 15) is 5.11 Å². The lowest BCUT2D eigenvalue weighted by molar-refractivity contribution is 0.204. The highest BCUT2D eigenvalue weighted by Crippen LogP contribution is 2.24. The lowest BCUT2D eigenvalue weighted by Crippen LogP contribution is -2.01. The molecule has 0 aliphatic rings. The molecule has 0 aliphatic heterocycles. The van der Waals surface area contributed by atoms with E-state index >= 15 is 0 Å². The maximum Gasteiger partial charge on any atom is 0.0960 e. The number of benzene rings is 1. The Labute approximate surface area is 112 Å². The number of thioether (sulfide) groups is 1. The quantitative estimate of drug-likeness (QED) is 0.853. The topological polar surface area (TPSA) is 33.1 Å². The SMILES string of the molecule is Cc1cc(C)cc(C(O)CSc2ccccn2)c1. The number of aliphatic hydroxyl groups is 1. The van der Waals surface area contributed by atoms with Gasteiger partial charge in [-0.1, -0.05) is 35.4 Å². The van der Waals surface area contributed by atoms with Gasteiger partial charge in [0.1, 0.15) is 0 Å². The average Bonchev–Trinajstić information content (AvgIpc) is 2.36. The highest BCUT2D eigenvalue weighted by Gasteiger charge is 2.09. The van der Waals surface area contributed by atoms with Crippen LogP contribution >= 0.6 is 11.8 Å². The number of rotatable bonds is 4. The second-order valence-corrected chi connectivity index (χ2v) is 5.46. The zero-order valence-corrected chi connectivity index (χ0v) is 11.4. The highest BCUT2D eigenvalue weighted by molar-refractivity contribution is 7.99. The van der Waals surface area contributed by atoms with Crippen LogP contribution in [0.4, 0.5) is 0 Å². The molecule has 2 nitrogen and oxygen atoms in total.